The molecule has 1 heterocycles. The SMILES string of the molecule is O=c1c(C=Nc2ccc(N([O-])O)cc2)c(O)n(-c2ccccc2)c(=O)n1-c1ccccc1. The van der Waals surface area contributed by atoms with E-state index in [9.17, 15) is 19.9 Å². The van der Waals surface area contributed by atoms with Gasteiger partial charge >= 0.3 is 5.69 Å². The molecule has 1 aromatic heterocycles. The monoisotopic (exact) mass is 429 g/mol. The van der Waals surface area contributed by atoms with E-state index in [0.717, 1.165) is 15.3 Å². The Labute approximate surface area is 181 Å². The molecule has 0 amide bonds. The normalized spacial score (nSPS) is 11.1. The van der Waals surface area contributed by atoms with Crippen molar-refractivity contribution in [1.82, 2.24) is 9.13 Å². The molecular weight excluding hydrogens is 412 g/mol. The van der Waals surface area contributed by atoms with Crippen LogP contribution in [0.3, 0.4) is 0 Å². The van der Waals surface area contributed by atoms with E-state index in [4.69, 9.17) is 5.21 Å². The minimum absolute atomic E-state index is 0.0101. The zero-order valence-corrected chi connectivity index (χ0v) is 16.6. The first-order chi connectivity index (χ1) is 15.5. The summed E-state index contributed by atoms with van der Waals surface area (Å²) in [5.74, 6) is -0.556. The Morgan fingerprint density at radius 3 is 1.88 bits per heavy atom. The Balaban J connectivity index is 1.92. The van der Waals surface area contributed by atoms with Crippen LogP contribution in [0.2, 0.25) is 0 Å². The second kappa shape index (κ2) is 8.72. The third kappa shape index (κ3) is 3.93. The van der Waals surface area contributed by atoms with Crippen molar-refractivity contribution >= 4 is 17.6 Å². The molecule has 0 aliphatic carbocycles. The van der Waals surface area contributed by atoms with E-state index < -0.39 is 17.1 Å². The summed E-state index contributed by atoms with van der Waals surface area (Å²) in [6.45, 7) is 0. The molecule has 0 bridgehead atoms. The highest BCUT2D eigenvalue weighted by atomic mass is 16.8. The molecule has 3 aromatic carbocycles. The van der Waals surface area contributed by atoms with E-state index in [0.29, 0.717) is 17.1 Å². The minimum Gasteiger partial charge on any atom is -0.733 e. The van der Waals surface area contributed by atoms with Gasteiger partial charge in [-0.25, -0.2) is 13.9 Å². The van der Waals surface area contributed by atoms with Gasteiger partial charge in [-0.1, -0.05) is 36.4 Å². The molecule has 0 spiro atoms. The lowest BCUT2D eigenvalue weighted by molar-refractivity contribution is 0.296. The van der Waals surface area contributed by atoms with E-state index >= 15 is 0 Å². The Kier molecular flexibility index (Phi) is 5.67. The standard InChI is InChI=1S/C23H17N4O5/c28-21-20(15-24-16-11-13-19(14-12-16)27(31)32)22(29)26(18-9-5-2-6-10-18)23(30)25(21)17-7-3-1-4-8-17/h1-15,28,31H/q-1. The summed E-state index contributed by atoms with van der Waals surface area (Å²) < 4.78 is 1.98. The first-order valence-corrected chi connectivity index (χ1v) is 9.49. The van der Waals surface area contributed by atoms with Gasteiger partial charge in [0.15, 0.2) is 0 Å². The van der Waals surface area contributed by atoms with E-state index in [2.05, 4.69) is 4.99 Å². The van der Waals surface area contributed by atoms with Gasteiger partial charge in [-0.15, -0.1) is 0 Å². The lowest BCUT2D eigenvalue weighted by atomic mass is 10.2. The van der Waals surface area contributed by atoms with Crippen molar-refractivity contribution in [3.8, 4) is 17.3 Å². The lowest BCUT2D eigenvalue weighted by Crippen LogP contribution is -2.40. The molecule has 160 valence electrons. The van der Waals surface area contributed by atoms with Crippen LogP contribution in [0.4, 0.5) is 11.4 Å². The number of aromatic hydroxyl groups is 1. The topological polar surface area (TPSA) is 123 Å². The molecule has 0 radical (unpaired) electrons. The van der Waals surface area contributed by atoms with Gasteiger partial charge in [-0.05, 0) is 48.5 Å². The van der Waals surface area contributed by atoms with Crippen LogP contribution in [-0.4, -0.2) is 25.7 Å². The molecule has 9 nitrogen and oxygen atoms in total. The number of hydrogen-bond donors (Lipinski definition) is 2. The molecular formula is C23H17N4O5-. The molecule has 2 N–H and O–H groups in total. The second-order valence-corrected chi connectivity index (χ2v) is 6.71. The van der Waals surface area contributed by atoms with E-state index in [1.54, 1.807) is 60.7 Å². The van der Waals surface area contributed by atoms with Crippen LogP contribution in [0.25, 0.3) is 11.4 Å². The average Bonchev–Trinajstić information content (AvgIpc) is 2.80. The third-order valence-corrected chi connectivity index (χ3v) is 4.71. The Morgan fingerprint density at radius 2 is 1.34 bits per heavy atom. The molecule has 0 atom stereocenters. The average molecular weight is 429 g/mol. The van der Waals surface area contributed by atoms with Crippen molar-refractivity contribution in [2.24, 2.45) is 4.99 Å². The summed E-state index contributed by atoms with van der Waals surface area (Å²) in [6, 6.07) is 22.4. The molecule has 0 saturated heterocycles. The minimum atomic E-state index is -0.743. The molecule has 0 fully saturated rings. The van der Waals surface area contributed by atoms with Gasteiger partial charge in [-0.2, -0.15) is 0 Å². The van der Waals surface area contributed by atoms with Gasteiger partial charge < -0.3 is 15.5 Å². The van der Waals surface area contributed by atoms with Crippen molar-refractivity contribution in [3.05, 3.63) is 117 Å². The molecule has 4 aromatic rings. The van der Waals surface area contributed by atoms with Crippen molar-refractivity contribution < 1.29 is 10.3 Å². The van der Waals surface area contributed by atoms with Crippen molar-refractivity contribution in [2.75, 3.05) is 5.23 Å². The maximum absolute atomic E-state index is 13.2. The predicted octanol–water partition coefficient (Wildman–Crippen LogP) is 3.14. The van der Waals surface area contributed by atoms with Crippen LogP contribution in [-0.2, 0) is 0 Å². The molecule has 4 rings (SSSR count). The molecule has 0 saturated carbocycles. The predicted molar refractivity (Wildman–Crippen MR) is 121 cm³/mol. The van der Waals surface area contributed by atoms with E-state index in [-0.39, 0.29) is 16.5 Å². The van der Waals surface area contributed by atoms with Crippen LogP contribution < -0.4 is 16.5 Å². The van der Waals surface area contributed by atoms with Crippen LogP contribution in [0.5, 0.6) is 5.88 Å². The number of benzene rings is 3. The quantitative estimate of drug-likeness (QED) is 0.371. The first kappa shape index (κ1) is 20.8. The highest BCUT2D eigenvalue weighted by Crippen LogP contribution is 2.20. The van der Waals surface area contributed by atoms with Crippen LogP contribution in [0.15, 0.2) is 99.5 Å². The highest BCUT2D eigenvalue weighted by molar-refractivity contribution is 5.84. The fourth-order valence-electron chi connectivity index (χ4n) is 3.15. The third-order valence-electron chi connectivity index (χ3n) is 4.71. The van der Waals surface area contributed by atoms with Gasteiger partial charge in [0.1, 0.15) is 5.56 Å². The van der Waals surface area contributed by atoms with Crippen molar-refractivity contribution in [2.45, 2.75) is 0 Å². The zero-order valence-electron chi connectivity index (χ0n) is 16.6. The summed E-state index contributed by atoms with van der Waals surface area (Å²) >= 11 is 0. The summed E-state index contributed by atoms with van der Waals surface area (Å²) in [5, 5.41) is 30.4. The fraction of sp³-hybridized carbons (Fsp3) is 0. The summed E-state index contributed by atoms with van der Waals surface area (Å²) in [4.78, 5) is 30.6. The second-order valence-electron chi connectivity index (χ2n) is 6.71. The highest BCUT2D eigenvalue weighted by Gasteiger charge is 2.19. The number of nitrogens with zero attached hydrogens (tertiary/aromatic N) is 4. The maximum Gasteiger partial charge on any atom is 0.343 e. The summed E-state index contributed by atoms with van der Waals surface area (Å²) in [5.41, 5.74) is -0.595. The number of aliphatic imine (C=N–C) groups is 1. The van der Waals surface area contributed by atoms with Gasteiger partial charge in [0.05, 0.1) is 22.7 Å². The number of rotatable bonds is 5. The summed E-state index contributed by atoms with van der Waals surface area (Å²) in [7, 11) is 0. The number of aromatic nitrogens is 2. The first-order valence-electron chi connectivity index (χ1n) is 9.49. The molecule has 0 aliphatic rings. The smallest absolute Gasteiger partial charge is 0.343 e. The van der Waals surface area contributed by atoms with E-state index in [1.807, 2.05) is 0 Å². The molecule has 9 heteroatoms. The van der Waals surface area contributed by atoms with Crippen LogP contribution >= 0.6 is 0 Å². The van der Waals surface area contributed by atoms with Crippen molar-refractivity contribution in [1.29, 1.82) is 0 Å². The maximum atomic E-state index is 13.2. The summed E-state index contributed by atoms with van der Waals surface area (Å²) in [6.07, 6.45) is 1.15. The van der Waals surface area contributed by atoms with Gasteiger partial charge in [0.25, 0.3) is 5.56 Å². The number of hydrogen-bond acceptors (Lipinski definition) is 7. The van der Waals surface area contributed by atoms with Gasteiger partial charge in [0.2, 0.25) is 5.88 Å². The number of anilines is 1. The fourth-order valence-corrected chi connectivity index (χ4v) is 3.15. The molecule has 32 heavy (non-hydrogen) atoms. The van der Waals surface area contributed by atoms with Crippen LogP contribution in [0, 0.1) is 5.21 Å². The van der Waals surface area contributed by atoms with Crippen molar-refractivity contribution in [3.63, 3.8) is 0 Å². The largest absolute Gasteiger partial charge is 0.733 e. The molecule has 0 aliphatic heterocycles. The zero-order chi connectivity index (χ0) is 22.7. The Hall–Kier alpha value is -4.47. The Morgan fingerprint density at radius 1 is 0.812 bits per heavy atom. The van der Waals surface area contributed by atoms with Crippen LogP contribution in [0.1, 0.15) is 5.56 Å². The molecule has 0 unspecified atom stereocenters. The lowest BCUT2D eigenvalue weighted by Gasteiger charge is -2.21. The Bertz CT molecular complexity index is 1380. The number of para-hydroxylation sites is 2. The van der Waals surface area contributed by atoms with Gasteiger partial charge in [-0.3, -0.25) is 15.0 Å². The van der Waals surface area contributed by atoms with Gasteiger partial charge in [0, 0.05) is 6.21 Å². The van der Waals surface area contributed by atoms with E-state index in [1.165, 1.54) is 24.3 Å².